The summed E-state index contributed by atoms with van der Waals surface area (Å²) in [5.74, 6) is 2.12. The van der Waals surface area contributed by atoms with Gasteiger partial charge in [-0.2, -0.15) is 15.1 Å². The smallest absolute Gasteiger partial charge is 0.229 e. The lowest BCUT2D eigenvalue weighted by atomic mass is 10.00. The average Bonchev–Trinajstić information content (AvgIpc) is 3.19. The first-order chi connectivity index (χ1) is 14.2. The quantitative estimate of drug-likeness (QED) is 0.678. The van der Waals surface area contributed by atoms with Crippen molar-refractivity contribution < 1.29 is 9.13 Å². The second-order valence-corrected chi connectivity index (χ2v) is 7.89. The van der Waals surface area contributed by atoms with Crippen molar-refractivity contribution in [2.75, 3.05) is 49.2 Å². The summed E-state index contributed by atoms with van der Waals surface area (Å²) >= 11 is 0. The summed E-state index contributed by atoms with van der Waals surface area (Å²) in [5.41, 5.74) is 1.54. The van der Waals surface area contributed by atoms with Gasteiger partial charge in [-0.15, -0.1) is 0 Å². The van der Waals surface area contributed by atoms with E-state index in [1.165, 1.54) is 12.1 Å². The number of nitrogens with zero attached hydrogens (tertiary/aromatic N) is 6. The number of halogens is 1. The van der Waals surface area contributed by atoms with E-state index in [1.807, 2.05) is 6.20 Å². The zero-order chi connectivity index (χ0) is 19.8. The Balaban J connectivity index is 1.62. The summed E-state index contributed by atoms with van der Waals surface area (Å²) in [4.78, 5) is 14.4. The Morgan fingerprint density at radius 3 is 2.41 bits per heavy atom. The van der Waals surface area contributed by atoms with Crippen molar-refractivity contribution in [2.45, 2.75) is 19.8 Å². The van der Waals surface area contributed by atoms with Gasteiger partial charge in [0.25, 0.3) is 0 Å². The third-order valence-corrected chi connectivity index (χ3v) is 5.84. The molecular formula is C21H25FN6O. The van der Waals surface area contributed by atoms with Crippen LogP contribution in [-0.2, 0) is 4.74 Å². The molecule has 4 heterocycles. The third-order valence-electron chi connectivity index (χ3n) is 5.84. The number of anilines is 2. The normalized spacial score (nSPS) is 18.6. The van der Waals surface area contributed by atoms with Crippen LogP contribution in [0.5, 0.6) is 0 Å². The molecule has 0 spiro atoms. The van der Waals surface area contributed by atoms with Crippen LogP contribution in [0.25, 0.3) is 16.7 Å². The summed E-state index contributed by atoms with van der Waals surface area (Å²) < 4.78 is 20.7. The standard InChI is InChI=1S/C21H25FN6O/c1-15-6-8-27(9-7-15)21-24-19(26-10-12-29-13-11-26)18-14-23-28(20(18)25-21)17-4-2-16(22)3-5-17/h2-5,14-15H,6-13H2,1H3. The van der Waals surface area contributed by atoms with Crippen LogP contribution in [0.1, 0.15) is 19.8 Å². The molecule has 2 aromatic heterocycles. The molecule has 152 valence electrons. The molecule has 29 heavy (non-hydrogen) atoms. The molecule has 0 radical (unpaired) electrons. The topological polar surface area (TPSA) is 59.3 Å². The average molecular weight is 396 g/mol. The van der Waals surface area contributed by atoms with Gasteiger partial charge in [-0.3, -0.25) is 0 Å². The van der Waals surface area contributed by atoms with Crippen molar-refractivity contribution in [1.82, 2.24) is 19.7 Å². The number of rotatable bonds is 3. The number of ether oxygens (including phenoxy) is 1. The summed E-state index contributed by atoms with van der Waals surface area (Å²) in [6.07, 6.45) is 4.10. The summed E-state index contributed by atoms with van der Waals surface area (Å²) in [6, 6.07) is 6.33. The monoisotopic (exact) mass is 396 g/mol. The van der Waals surface area contributed by atoms with Crippen molar-refractivity contribution >= 4 is 22.8 Å². The van der Waals surface area contributed by atoms with Crippen LogP contribution in [0.15, 0.2) is 30.5 Å². The lowest BCUT2D eigenvalue weighted by Gasteiger charge is -2.32. The first-order valence-corrected chi connectivity index (χ1v) is 10.3. The van der Waals surface area contributed by atoms with E-state index in [2.05, 4.69) is 21.8 Å². The molecule has 0 bridgehead atoms. The molecule has 0 N–H and O–H groups in total. The molecule has 0 unspecified atom stereocenters. The van der Waals surface area contributed by atoms with Gasteiger partial charge in [-0.1, -0.05) is 6.92 Å². The zero-order valence-electron chi connectivity index (χ0n) is 16.6. The highest BCUT2D eigenvalue weighted by atomic mass is 19.1. The number of fused-ring (bicyclic) bond motifs is 1. The fraction of sp³-hybridized carbons (Fsp3) is 0.476. The van der Waals surface area contributed by atoms with E-state index in [9.17, 15) is 4.39 Å². The van der Waals surface area contributed by atoms with Gasteiger partial charge in [-0.05, 0) is 43.0 Å². The Hall–Kier alpha value is -2.74. The Bertz CT molecular complexity index is 990. The predicted molar refractivity (Wildman–Crippen MR) is 110 cm³/mol. The minimum atomic E-state index is -0.267. The number of piperidine rings is 1. The highest BCUT2D eigenvalue weighted by molar-refractivity contribution is 5.89. The maximum Gasteiger partial charge on any atom is 0.229 e. The molecule has 2 saturated heterocycles. The molecule has 0 aliphatic carbocycles. The number of morpholine rings is 1. The van der Waals surface area contributed by atoms with Crippen LogP contribution in [0.2, 0.25) is 0 Å². The molecule has 0 saturated carbocycles. The second kappa shape index (κ2) is 7.59. The van der Waals surface area contributed by atoms with Gasteiger partial charge in [-0.25, -0.2) is 9.07 Å². The minimum absolute atomic E-state index is 0.267. The summed E-state index contributed by atoms with van der Waals surface area (Å²) in [6.45, 7) is 7.18. The first kappa shape index (κ1) is 18.3. The van der Waals surface area contributed by atoms with Crippen LogP contribution in [0, 0.1) is 11.7 Å². The molecule has 0 amide bonds. The first-order valence-electron chi connectivity index (χ1n) is 10.3. The van der Waals surface area contributed by atoms with Crippen LogP contribution in [0.4, 0.5) is 16.2 Å². The Labute approximate surface area is 169 Å². The summed E-state index contributed by atoms with van der Waals surface area (Å²) in [5, 5.41) is 5.47. The summed E-state index contributed by atoms with van der Waals surface area (Å²) in [7, 11) is 0. The van der Waals surface area contributed by atoms with E-state index in [1.54, 1.807) is 16.8 Å². The molecule has 2 aliphatic heterocycles. The van der Waals surface area contributed by atoms with Crippen molar-refractivity contribution in [3.05, 3.63) is 36.3 Å². The number of hydrogen-bond acceptors (Lipinski definition) is 6. The van der Waals surface area contributed by atoms with Crippen LogP contribution in [0.3, 0.4) is 0 Å². The molecule has 7 nitrogen and oxygen atoms in total. The Morgan fingerprint density at radius 2 is 1.69 bits per heavy atom. The molecular weight excluding hydrogens is 371 g/mol. The van der Waals surface area contributed by atoms with E-state index >= 15 is 0 Å². The molecule has 3 aromatic rings. The van der Waals surface area contributed by atoms with Gasteiger partial charge in [0.15, 0.2) is 5.65 Å². The lowest BCUT2D eigenvalue weighted by Crippen LogP contribution is -2.38. The maximum absolute atomic E-state index is 13.4. The van der Waals surface area contributed by atoms with Crippen molar-refractivity contribution in [3.8, 4) is 5.69 Å². The van der Waals surface area contributed by atoms with Crippen molar-refractivity contribution in [3.63, 3.8) is 0 Å². The van der Waals surface area contributed by atoms with Gasteiger partial charge in [0.1, 0.15) is 11.6 Å². The van der Waals surface area contributed by atoms with Gasteiger partial charge in [0, 0.05) is 26.2 Å². The van der Waals surface area contributed by atoms with E-state index in [-0.39, 0.29) is 5.82 Å². The highest BCUT2D eigenvalue weighted by Gasteiger charge is 2.24. The van der Waals surface area contributed by atoms with Crippen LogP contribution < -0.4 is 9.80 Å². The Morgan fingerprint density at radius 1 is 0.966 bits per heavy atom. The third kappa shape index (κ3) is 3.53. The largest absolute Gasteiger partial charge is 0.378 e. The zero-order valence-corrected chi connectivity index (χ0v) is 16.6. The van der Waals surface area contributed by atoms with Gasteiger partial charge in [0.2, 0.25) is 5.95 Å². The number of aromatic nitrogens is 4. The Kier molecular flexibility index (Phi) is 4.79. The van der Waals surface area contributed by atoms with Crippen LogP contribution >= 0.6 is 0 Å². The second-order valence-electron chi connectivity index (χ2n) is 7.89. The van der Waals surface area contributed by atoms with E-state index in [4.69, 9.17) is 14.7 Å². The van der Waals surface area contributed by atoms with Crippen molar-refractivity contribution in [2.24, 2.45) is 5.92 Å². The van der Waals surface area contributed by atoms with E-state index in [0.717, 1.165) is 73.4 Å². The van der Waals surface area contributed by atoms with Gasteiger partial charge >= 0.3 is 0 Å². The number of benzene rings is 1. The minimum Gasteiger partial charge on any atom is -0.378 e. The number of hydrogen-bond donors (Lipinski definition) is 0. The molecule has 0 atom stereocenters. The van der Waals surface area contributed by atoms with E-state index < -0.39 is 0 Å². The van der Waals surface area contributed by atoms with Crippen LogP contribution in [-0.4, -0.2) is 59.1 Å². The molecule has 8 heteroatoms. The fourth-order valence-electron chi connectivity index (χ4n) is 4.02. The fourth-order valence-corrected chi connectivity index (χ4v) is 4.02. The maximum atomic E-state index is 13.4. The predicted octanol–water partition coefficient (Wildman–Crippen LogP) is 3.03. The SMILES string of the molecule is CC1CCN(c2nc(N3CCOCC3)c3cnn(-c4ccc(F)cc4)c3n2)CC1. The molecule has 2 aliphatic rings. The molecule has 1 aromatic carbocycles. The lowest BCUT2D eigenvalue weighted by molar-refractivity contribution is 0.122. The molecule has 5 rings (SSSR count). The van der Waals surface area contributed by atoms with Gasteiger partial charge < -0.3 is 14.5 Å². The van der Waals surface area contributed by atoms with E-state index in [0.29, 0.717) is 13.2 Å². The van der Waals surface area contributed by atoms with Crippen molar-refractivity contribution in [1.29, 1.82) is 0 Å². The highest BCUT2D eigenvalue weighted by Crippen LogP contribution is 2.30. The van der Waals surface area contributed by atoms with Gasteiger partial charge in [0.05, 0.1) is 30.5 Å². The molecule has 2 fully saturated rings.